The maximum absolute atomic E-state index is 6.01. The summed E-state index contributed by atoms with van der Waals surface area (Å²) in [6.45, 7) is 20.4. The topological polar surface area (TPSA) is 19.0 Å². The highest BCUT2D eigenvalue weighted by molar-refractivity contribution is 5.85. The SMILES string of the molecule is CCCCN1CCN(c2cc(OC)c(N3CCCC3)cc2C2CC(C)(C)CC(C)(C)C2)CC1.Cl. The molecular formula is C29H50ClN3O. The van der Waals surface area contributed by atoms with E-state index >= 15 is 0 Å². The van der Waals surface area contributed by atoms with Crippen LogP contribution < -0.4 is 14.5 Å². The van der Waals surface area contributed by atoms with E-state index in [9.17, 15) is 0 Å². The molecule has 0 N–H and O–H groups in total. The second kappa shape index (κ2) is 11.3. The lowest BCUT2D eigenvalue weighted by atomic mass is 9.60. The molecule has 2 heterocycles. The van der Waals surface area contributed by atoms with Crippen molar-refractivity contribution in [1.82, 2.24) is 4.90 Å². The molecule has 0 spiro atoms. The molecule has 0 amide bonds. The highest BCUT2D eigenvalue weighted by Gasteiger charge is 2.40. The van der Waals surface area contributed by atoms with Gasteiger partial charge in [-0.2, -0.15) is 0 Å². The van der Waals surface area contributed by atoms with Crippen LogP contribution in [-0.2, 0) is 0 Å². The summed E-state index contributed by atoms with van der Waals surface area (Å²) >= 11 is 0. The smallest absolute Gasteiger partial charge is 0.144 e. The second-order valence-electron chi connectivity index (χ2n) is 12.6. The van der Waals surface area contributed by atoms with Gasteiger partial charge in [-0.3, -0.25) is 4.90 Å². The zero-order chi connectivity index (χ0) is 23.6. The van der Waals surface area contributed by atoms with E-state index < -0.39 is 0 Å². The van der Waals surface area contributed by atoms with E-state index in [2.05, 4.69) is 61.5 Å². The molecule has 34 heavy (non-hydrogen) atoms. The van der Waals surface area contributed by atoms with Crippen molar-refractivity contribution in [2.75, 3.05) is 62.7 Å². The zero-order valence-corrected chi connectivity index (χ0v) is 23.6. The van der Waals surface area contributed by atoms with Gasteiger partial charge in [-0.1, -0.05) is 41.0 Å². The third-order valence-electron chi connectivity index (χ3n) is 8.31. The minimum Gasteiger partial charge on any atom is -0.495 e. The average Bonchev–Trinajstić information content (AvgIpc) is 3.30. The number of halogens is 1. The zero-order valence-electron chi connectivity index (χ0n) is 22.8. The van der Waals surface area contributed by atoms with E-state index in [1.165, 1.54) is 76.0 Å². The number of unbranched alkanes of at least 4 members (excludes halogenated alkanes) is 1. The lowest BCUT2D eigenvalue weighted by Crippen LogP contribution is -2.47. The van der Waals surface area contributed by atoms with Gasteiger partial charge in [0.25, 0.3) is 0 Å². The van der Waals surface area contributed by atoms with Crippen molar-refractivity contribution in [3.8, 4) is 5.75 Å². The van der Waals surface area contributed by atoms with Crippen LogP contribution in [0.25, 0.3) is 0 Å². The molecule has 0 radical (unpaired) electrons. The number of hydrogen-bond donors (Lipinski definition) is 0. The van der Waals surface area contributed by atoms with Crippen molar-refractivity contribution >= 4 is 23.8 Å². The second-order valence-corrected chi connectivity index (χ2v) is 12.6. The summed E-state index contributed by atoms with van der Waals surface area (Å²) < 4.78 is 6.01. The molecule has 3 fully saturated rings. The minimum atomic E-state index is 0. The fourth-order valence-corrected chi connectivity index (χ4v) is 7.20. The predicted octanol–water partition coefficient (Wildman–Crippen LogP) is 6.96. The first-order valence-electron chi connectivity index (χ1n) is 13.7. The first-order valence-corrected chi connectivity index (χ1v) is 13.7. The third-order valence-corrected chi connectivity index (χ3v) is 8.31. The molecule has 4 nitrogen and oxygen atoms in total. The lowest BCUT2D eigenvalue weighted by Gasteiger charge is -2.46. The van der Waals surface area contributed by atoms with Gasteiger partial charge in [-0.25, -0.2) is 0 Å². The first-order chi connectivity index (χ1) is 15.7. The average molecular weight is 492 g/mol. The van der Waals surface area contributed by atoms with Gasteiger partial charge in [0.1, 0.15) is 5.75 Å². The number of anilines is 2. The Morgan fingerprint density at radius 3 is 2.00 bits per heavy atom. The number of nitrogens with zero attached hydrogens (tertiary/aromatic N) is 3. The fourth-order valence-electron chi connectivity index (χ4n) is 7.20. The van der Waals surface area contributed by atoms with Gasteiger partial charge in [0.05, 0.1) is 12.8 Å². The molecule has 2 aliphatic heterocycles. The van der Waals surface area contributed by atoms with Gasteiger partial charge in [-0.05, 0) is 73.4 Å². The maximum Gasteiger partial charge on any atom is 0.144 e. The van der Waals surface area contributed by atoms with Crippen molar-refractivity contribution in [2.45, 2.75) is 85.5 Å². The Bertz CT molecular complexity index is 779. The van der Waals surface area contributed by atoms with Gasteiger partial charge in [0.2, 0.25) is 0 Å². The quantitative estimate of drug-likeness (QED) is 0.410. The van der Waals surface area contributed by atoms with E-state index in [4.69, 9.17) is 4.74 Å². The van der Waals surface area contributed by atoms with Crippen LogP contribution in [0.2, 0.25) is 0 Å². The molecule has 2 saturated heterocycles. The Morgan fingerprint density at radius 2 is 1.44 bits per heavy atom. The number of ether oxygens (including phenoxy) is 1. The summed E-state index contributed by atoms with van der Waals surface area (Å²) in [4.78, 5) is 7.89. The Balaban J connectivity index is 0.00000324. The van der Waals surface area contributed by atoms with Crippen LogP contribution in [0.5, 0.6) is 5.75 Å². The fraction of sp³-hybridized carbons (Fsp3) is 0.793. The van der Waals surface area contributed by atoms with Crippen molar-refractivity contribution in [2.24, 2.45) is 10.8 Å². The molecule has 5 heteroatoms. The molecule has 4 rings (SSSR count). The number of rotatable bonds is 7. The van der Waals surface area contributed by atoms with Gasteiger partial charge >= 0.3 is 0 Å². The van der Waals surface area contributed by atoms with E-state index in [1.54, 1.807) is 5.56 Å². The standard InChI is InChI=1S/C29H49N3O.ClH/c1-7-8-11-30-14-16-32(17-15-30)25-19-27(33-6)26(31-12-9-10-13-31)18-24(25)23-20-28(2,3)22-29(4,5)21-23;/h18-19,23H,7-17,20-22H2,1-6H3;1H. The number of hydrogen-bond acceptors (Lipinski definition) is 4. The monoisotopic (exact) mass is 491 g/mol. The Kier molecular flexibility index (Phi) is 9.12. The highest BCUT2D eigenvalue weighted by Crippen LogP contribution is 2.54. The Labute approximate surface area is 215 Å². The van der Waals surface area contributed by atoms with E-state index in [1.807, 2.05) is 7.11 Å². The van der Waals surface area contributed by atoms with Crippen LogP contribution in [-0.4, -0.2) is 57.8 Å². The van der Waals surface area contributed by atoms with Gasteiger partial charge < -0.3 is 14.5 Å². The summed E-state index contributed by atoms with van der Waals surface area (Å²) in [6.07, 6.45) is 9.07. The van der Waals surface area contributed by atoms with Crippen LogP contribution >= 0.6 is 12.4 Å². The van der Waals surface area contributed by atoms with Crippen LogP contribution in [0.4, 0.5) is 11.4 Å². The van der Waals surface area contributed by atoms with Crippen LogP contribution in [0, 0.1) is 10.8 Å². The summed E-state index contributed by atoms with van der Waals surface area (Å²) in [7, 11) is 1.86. The summed E-state index contributed by atoms with van der Waals surface area (Å²) in [6, 6.07) is 4.95. The van der Waals surface area contributed by atoms with Crippen LogP contribution in [0.15, 0.2) is 12.1 Å². The van der Waals surface area contributed by atoms with Gasteiger partial charge in [0, 0.05) is 51.0 Å². The van der Waals surface area contributed by atoms with Gasteiger partial charge in [0.15, 0.2) is 0 Å². The molecule has 1 aromatic rings. The van der Waals surface area contributed by atoms with Crippen molar-refractivity contribution in [1.29, 1.82) is 0 Å². The molecule has 3 aliphatic rings. The number of benzene rings is 1. The summed E-state index contributed by atoms with van der Waals surface area (Å²) in [5.74, 6) is 1.68. The molecule has 0 aromatic heterocycles. The van der Waals surface area contributed by atoms with E-state index in [0.717, 1.165) is 31.9 Å². The van der Waals surface area contributed by atoms with Crippen molar-refractivity contribution in [3.05, 3.63) is 17.7 Å². The summed E-state index contributed by atoms with van der Waals surface area (Å²) in [5.41, 5.74) is 5.13. The van der Waals surface area contributed by atoms with E-state index in [-0.39, 0.29) is 12.4 Å². The first kappa shape index (κ1) is 27.5. The van der Waals surface area contributed by atoms with Crippen molar-refractivity contribution in [3.63, 3.8) is 0 Å². The van der Waals surface area contributed by atoms with Crippen LogP contribution in [0.3, 0.4) is 0 Å². The molecule has 1 aliphatic carbocycles. The number of methoxy groups -OCH3 is 1. The summed E-state index contributed by atoms with van der Waals surface area (Å²) in [5, 5.41) is 0. The molecule has 194 valence electrons. The third kappa shape index (κ3) is 6.35. The maximum atomic E-state index is 6.01. The highest BCUT2D eigenvalue weighted by atomic mass is 35.5. The molecular weight excluding hydrogens is 442 g/mol. The normalized spacial score (nSPS) is 23.1. The van der Waals surface area contributed by atoms with Crippen molar-refractivity contribution < 1.29 is 4.74 Å². The minimum absolute atomic E-state index is 0. The Hall–Kier alpha value is -1.13. The predicted molar refractivity (Wildman–Crippen MR) is 149 cm³/mol. The molecule has 0 bridgehead atoms. The molecule has 1 saturated carbocycles. The van der Waals surface area contributed by atoms with Crippen LogP contribution in [0.1, 0.15) is 91.0 Å². The largest absolute Gasteiger partial charge is 0.495 e. The molecule has 0 unspecified atom stereocenters. The molecule has 0 atom stereocenters. The van der Waals surface area contributed by atoms with Gasteiger partial charge in [-0.15, -0.1) is 12.4 Å². The molecule has 1 aromatic carbocycles. The van der Waals surface area contributed by atoms with E-state index in [0.29, 0.717) is 16.7 Å². The number of piperazine rings is 1. The lowest BCUT2D eigenvalue weighted by molar-refractivity contribution is 0.0970. The Morgan fingerprint density at radius 1 is 0.853 bits per heavy atom.